The summed E-state index contributed by atoms with van der Waals surface area (Å²) in [7, 11) is -9.45. The summed E-state index contributed by atoms with van der Waals surface area (Å²) in [5.74, 6) is -0.297. The summed E-state index contributed by atoms with van der Waals surface area (Å²) >= 11 is 0. The van der Waals surface area contributed by atoms with Crippen molar-refractivity contribution < 1.29 is 67.7 Å². The first kappa shape index (κ1) is 34.7. The summed E-state index contributed by atoms with van der Waals surface area (Å²) in [5.41, 5.74) is 17.2. The van der Waals surface area contributed by atoms with Gasteiger partial charge in [0, 0.05) is 0 Å². The summed E-state index contributed by atoms with van der Waals surface area (Å²) in [6.45, 7) is -1.23. The minimum Gasteiger partial charge on any atom is -0.387 e. The monoisotopic (exact) mass is 683 g/mol. The number of ether oxygens (including phenoxy) is 2. The molecule has 5 rings (SSSR count). The number of hydrogen-bond acceptors (Lipinski definition) is 17. The third-order valence-electron chi connectivity index (χ3n) is 6.51. The van der Waals surface area contributed by atoms with E-state index in [0.717, 1.165) is 4.57 Å². The van der Waals surface area contributed by atoms with Gasteiger partial charge in [0.1, 0.15) is 65.8 Å². The number of hydrogen-bond donors (Lipinski definition) is 12. The molecule has 2 saturated heterocycles. The van der Waals surface area contributed by atoms with Crippen LogP contribution in [0.3, 0.4) is 0 Å². The Kier molecular flexibility index (Phi) is 10.2. The van der Waals surface area contributed by atoms with E-state index in [2.05, 4.69) is 29.0 Å². The zero-order valence-electron chi connectivity index (χ0n) is 22.6. The summed E-state index contributed by atoms with van der Waals surface area (Å²) in [5, 5.41) is 47.2. The van der Waals surface area contributed by atoms with Gasteiger partial charge in [-0.05, 0) is 0 Å². The van der Waals surface area contributed by atoms with Gasteiger partial charge in [-0.1, -0.05) is 0 Å². The number of nitrogens with one attached hydrogen (secondary N) is 1. The van der Waals surface area contributed by atoms with E-state index in [4.69, 9.17) is 51.7 Å². The lowest BCUT2D eigenvalue weighted by atomic mass is 10.1. The highest BCUT2D eigenvalue weighted by molar-refractivity contribution is 7.46. The van der Waals surface area contributed by atoms with Crippen LogP contribution in [-0.4, -0.2) is 125 Å². The summed E-state index contributed by atoms with van der Waals surface area (Å²) in [6.07, 6.45) is -6.58. The van der Waals surface area contributed by atoms with E-state index in [-0.39, 0.29) is 28.8 Å². The van der Waals surface area contributed by atoms with Gasteiger partial charge in [0.15, 0.2) is 23.9 Å². The van der Waals surface area contributed by atoms with Crippen molar-refractivity contribution in [2.75, 3.05) is 24.7 Å². The van der Waals surface area contributed by atoms with Crippen molar-refractivity contribution in [3.05, 3.63) is 24.7 Å². The van der Waals surface area contributed by atoms with Crippen LogP contribution < -0.4 is 17.2 Å². The molecule has 0 aliphatic carbocycles. The van der Waals surface area contributed by atoms with Crippen LogP contribution in [0.15, 0.2) is 19.0 Å². The number of anilines is 2. The van der Waals surface area contributed by atoms with Crippen molar-refractivity contribution in [2.24, 2.45) is 5.73 Å². The lowest BCUT2D eigenvalue weighted by Crippen LogP contribution is -2.33. The molecule has 0 aromatic carbocycles. The smallest absolute Gasteiger partial charge is 0.387 e. The Morgan fingerprint density at radius 3 is 1.78 bits per heavy atom. The molecular weight excluding hydrogens is 653 g/mol. The maximum Gasteiger partial charge on any atom is 0.469 e. The molecule has 250 valence electrons. The second kappa shape index (κ2) is 13.3. The Morgan fingerprint density at radius 2 is 1.31 bits per heavy atom. The highest BCUT2D eigenvalue weighted by Crippen LogP contribution is 2.40. The van der Waals surface area contributed by atoms with Crippen molar-refractivity contribution in [1.29, 1.82) is 5.41 Å². The average molecular weight is 683 g/mol. The maximum absolute atomic E-state index is 10.7. The predicted molar refractivity (Wildman–Crippen MR) is 145 cm³/mol. The zero-order valence-corrected chi connectivity index (χ0v) is 24.4. The fourth-order valence-electron chi connectivity index (χ4n) is 4.37. The molecule has 0 amide bonds. The van der Waals surface area contributed by atoms with Crippen molar-refractivity contribution in [3.8, 4) is 0 Å². The van der Waals surface area contributed by atoms with Crippen molar-refractivity contribution >= 4 is 44.3 Å². The van der Waals surface area contributed by atoms with Crippen LogP contribution in [0.5, 0.6) is 0 Å². The van der Waals surface area contributed by atoms with Gasteiger partial charge in [0.25, 0.3) is 0 Å². The molecule has 45 heavy (non-hydrogen) atoms. The molecule has 2 aliphatic heterocycles. The first-order valence-corrected chi connectivity index (χ1v) is 15.5. The standard InChI is InChI=1S/C10H14N5O7P.C9H16N5O7P/c11-8-5-9(13-2-12-8)15(3-14-5)10-7(17)6(16)4(22-10)1-21-23(18,19)20;10-7(11)4-8(12)14(2-13-4)9-6(16)5(15)3(21-9)1-20-22(17,18)19/h2-4,6-7,10,16-17H,1H2,(H2,11,12,13)(H2,18,19,20);2-3,5-6,9,15-16H,1,12H2,(H3,10,11)(H2,17,18,19)/t4-,6-,7-,10-;3-,5-,6-,9-/m11/s1/i2-1;. The number of imidazole rings is 2. The molecule has 0 unspecified atom stereocenters. The van der Waals surface area contributed by atoms with Gasteiger partial charge in [0.05, 0.1) is 25.9 Å². The third-order valence-corrected chi connectivity index (χ3v) is 7.48. The Hall–Kier alpha value is -3.19. The van der Waals surface area contributed by atoms with Gasteiger partial charge in [-0.15, -0.1) is 0 Å². The van der Waals surface area contributed by atoms with Crippen LogP contribution in [0, 0.1) is 5.41 Å². The molecule has 0 spiro atoms. The number of phosphoric acid groups is 2. The topological polar surface area (TPSA) is 396 Å². The number of amidine groups is 1. The molecule has 2 fully saturated rings. The molecule has 0 radical (unpaired) electrons. The second-order valence-corrected chi connectivity index (χ2v) is 12.0. The fraction of sp³-hybridized carbons (Fsp3) is 0.526. The van der Waals surface area contributed by atoms with Gasteiger partial charge in [-0.25, -0.2) is 29.1 Å². The molecule has 26 heteroatoms. The van der Waals surface area contributed by atoms with Gasteiger partial charge in [-0.2, -0.15) is 0 Å². The highest BCUT2D eigenvalue weighted by atomic mass is 31.2. The molecule has 3 aromatic rings. The lowest BCUT2D eigenvalue weighted by molar-refractivity contribution is -0.0510. The van der Waals surface area contributed by atoms with E-state index in [0.29, 0.717) is 5.52 Å². The van der Waals surface area contributed by atoms with Gasteiger partial charge >= 0.3 is 15.6 Å². The van der Waals surface area contributed by atoms with Crippen molar-refractivity contribution in [1.82, 2.24) is 29.1 Å². The van der Waals surface area contributed by atoms with Crippen molar-refractivity contribution in [3.63, 3.8) is 0 Å². The molecular formula is C19H30N10O14P2. The average Bonchev–Trinajstić information content (AvgIpc) is 3.68. The highest BCUT2D eigenvalue weighted by Gasteiger charge is 2.46. The maximum atomic E-state index is 10.7. The molecule has 5 heterocycles. The third kappa shape index (κ3) is 7.79. The first-order chi connectivity index (χ1) is 20.9. The number of rotatable bonds is 9. The number of fused-ring (bicyclic) bond motifs is 1. The molecule has 24 nitrogen and oxygen atoms in total. The Morgan fingerprint density at radius 1 is 0.822 bits per heavy atom. The normalized spacial score (nSPS) is 28.7. The molecule has 15 N–H and O–H groups in total. The van der Waals surface area contributed by atoms with Gasteiger partial charge in [0.2, 0.25) is 0 Å². The Balaban J connectivity index is 0.000000205. The van der Waals surface area contributed by atoms with E-state index in [1.807, 2.05) is 0 Å². The minimum atomic E-state index is -4.74. The number of aliphatic hydroxyl groups excluding tert-OH is 4. The van der Waals surface area contributed by atoms with Crippen LogP contribution in [0.1, 0.15) is 18.1 Å². The number of nitrogen functional groups attached to an aromatic ring is 3. The number of aromatic nitrogens is 6. The van der Waals surface area contributed by atoms with E-state index in [1.165, 1.54) is 23.5 Å². The summed E-state index contributed by atoms with van der Waals surface area (Å²) in [4.78, 5) is 50.3. The van der Waals surface area contributed by atoms with Gasteiger partial charge in [-0.3, -0.25) is 23.6 Å². The van der Waals surface area contributed by atoms with Crippen LogP contribution in [0.4, 0.5) is 11.6 Å². The molecule has 3 aromatic heterocycles. The van der Waals surface area contributed by atoms with Crippen LogP contribution in [0.25, 0.3) is 11.2 Å². The van der Waals surface area contributed by atoms with Gasteiger partial charge < -0.3 is 66.7 Å². The fourth-order valence-corrected chi connectivity index (χ4v) is 5.05. The summed E-state index contributed by atoms with van der Waals surface area (Å²) < 4.78 is 43.2. The Labute approximate surface area is 251 Å². The SMILES string of the molecule is N=C(N)c1ncn([C@@H]2O[C@H](COP(=O)(O)O)[C@@H](O)[C@H]2O)c1N.Nc1n[11cH]nc2c1ncn2[C@@H]1O[C@H](COP(=O)(O)O)[C@@H](O)[C@H]1O. The van der Waals surface area contributed by atoms with E-state index >= 15 is 0 Å². The number of nitrogens with zero attached hydrogens (tertiary/aromatic N) is 6. The zero-order chi connectivity index (χ0) is 33.4. The van der Waals surface area contributed by atoms with Crippen LogP contribution in [-0.2, 0) is 27.7 Å². The molecule has 0 saturated carbocycles. The lowest BCUT2D eigenvalue weighted by Gasteiger charge is -2.17. The molecule has 2 aliphatic rings. The van der Waals surface area contributed by atoms with Crippen LogP contribution >= 0.6 is 15.6 Å². The van der Waals surface area contributed by atoms with E-state index in [1.54, 1.807) is 0 Å². The van der Waals surface area contributed by atoms with Crippen LogP contribution in [0.2, 0.25) is 0 Å². The summed E-state index contributed by atoms with van der Waals surface area (Å²) in [6, 6.07) is 0. The predicted octanol–water partition coefficient (Wildman–Crippen LogP) is -4.39. The van der Waals surface area contributed by atoms with Crippen molar-refractivity contribution in [2.45, 2.75) is 49.1 Å². The number of phosphoric ester groups is 2. The van der Waals surface area contributed by atoms with E-state index < -0.39 is 77.9 Å². The molecule has 0 bridgehead atoms. The first-order valence-electron chi connectivity index (χ1n) is 12.4. The largest absolute Gasteiger partial charge is 0.469 e. The molecule has 8 atom stereocenters. The Bertz CT molecular complexity index is 1610. The number of nitrogens with two attached hydrogens (primary N) is 3. The number of aliphatic hydroxyl groups is 4. The minimum absolute atomic E-state index is 0.0137. The second-order valence-electron chi connectivity index (χ2n) is 9.55. The quantitative estimate of drug-likeness (QED) is 0.0575. The van der Waals surface area contributed by atoms with E-state index in [9.17, 15) is 29.6 Å².